The minimum Gasteiger partial charge on any atom is -0.392 e. The highest BCUT2D eigenvalue weighted by Gasteiger charge is 2.41. The van der Waals surface area contributed by atoms with Crippen molar-refractivity contribution in [2.24, 2.45) is 11.3 Å². The van der Waals surface area contributed by atoms with E-state index in [2.05, 4.69) is 19.1 Å². The summed E-state index contributed by atoms with van der Waals surface area (Å²) in [4.78, 5) is 11.2. The molecule has 0 aromatic heterocycles. The van der Waals surface area contributed by atoms with Crippen molar-refractivity contribution >= 4 is 5.78 Å². The molecule has 2 saturated carbocycles. The summed E-state index contributed by atoms with van der Waals surface area (Å²) >= 11 is 0. The number of aliphatic hydroxyl groups is 1. The Labute approximate surface area is 110 Å². The van der Waals surface area contributed by atoms with Gasteiger partial charge in [-0.3, -0.25) is 4.79 Å². The first-order valence-corrected chi connectivity index (χ1v) is 7.53. The zero-order valence-corrected chi connectivity index (χ0v) is 11.5. The molecule has 2 fully saturated rings. The molecule has 0 bridgehead atoms. The van der Waals surface area contributed by atoms with E-state index < -0.39 is 0 Å². The summed E-state index contributed by atoms with van der Waals surface area (Å²) in [7, 11) is 0. The van der Waals surface area contributed by atoms with Crippen LogP contribution in [0.25, 0.3) is 0 Å². The predicted molar refractivity (Wildman–Crippen MR) is 73.3 cm³/mol. The van der Waals surface area contributed by atoms with Crippen LogP contribution < -0.4 is 0 Å². The third kappa shape index (κ3) is 3.03. The lowest BCUT2D eigenvalue weighted by atomic mass is 9.62. The monoisotopic (exact) mass is 250 g/mol. The molecule has 0 spiro atoms. The first-order chi connectivity index (χ1) is 8.66. The zero-order valence-electron chi connectivity index (χ0n) is 11.5. The predicted octanol–water partition coefficient (Wildman–Crippen LogP) is 3.63. The Morgan fingerprint density at radius 3 is 2.78 bits per heavy atom. The van der Waals surface area contributed by atoms with Crippen molar-refractivity contribution in [3.05, 3.63) is 12.2 Å². The van der Waals surface area contributed by atoms with Gasteiger partial charge < -0.3 is 5.11 Å². The maximum atomic E-state index is 11.2. The van der Waals surface area contributed by atoms with Crippen LogP contribution in [0.1, 0.15) is 64.7 Å². The molecule has 1 N–H and O–H groups in total. The van der Waals surface area contributed by atoms with Crippen molar-refractivity contribution in [2.45, 2.75) is 70.8 Å². The molecular formula is C16H26O2. The number of allylic oxidation sites excluding steroid dienone is 1. The smallest absolute Gasteiger partial charge is 0.133 e. The molecular weight excluding hydrogens is 224 g/mol. The van der Waals surface area contributed by atoms with Gasteiger partial charge in [-0.05, 0) is 43.4 Å². The Kier molecular flexibility index (Phi) is 4.60. The second-order valence-corrected chi connectivity index (χ2v) is 6.19. The molecule has 2 atom stereocenters. The molecule has 102 valence electrons. The Morgan fingerprint density at radius 2 is 2.28 bits per heavy atom. The van der Waals surface area contributed by atoms with Crippen LogP contribution in [0, 0.1) is 11.3 Å². The van der Waals surface area contributed by atoms with E-state index in [1.165, 1.54) is 19.3 Å². The van der Waals surface area contributed by atoms with E-state index in [0.717, 1.165) is 32.1 Å². The van der Waals surface area contributed by atoms with Gasteiger partial charge in [0.15, 0.2) is 0 Å². The van der Waals surface area contributed by atoms with Crippen LogP contribution in [-0.4, -0.2) is 17.0 Å². The highest BCUT2D eigenvalue weighted by molar-refractivity contribution is 5.80. The van der Waals surface area contributed by atoms with Gasteiger partial charge in [0.1, 0.15) is 5.78 Å². The molecule has 2 rings (SSSR count). The van der Waals surface area contributed by atoms with Crippen molar-refractivity contribution in [1.29, 1.82) is 0 Å². The van der Waals surface area contributed by atoms with Gasteiger partial charge in [0.05, 0.1) is 6.10 Å². The largest absolute Gasteiger partial charge is 0.392 e. The van der Waals surface area contributed by atoms with E-state index in [1.54, 1.807) is 0 Å². The van der Waals surface area contributed by atoms with Crippen molar-refractivity contribution in [3.8, 4) is 0 Å². The van der Waals surface area contributed by atoms with Crippen LogP contribution in [0.3, 0.4) is 0 Å². The summed E-state index contributed by atoms with van der Waals surface area (Å²) in [6, 6.07) is 0. The van der Waals surface area contributed by atoms with Crippen LogP contribution in [0.15, 0.2) is 12.2 Å². The SMILES string of the molecule is CCCC1(C(O)C/C=C/C2CCC(=O)C2)CCC1. The number of ketones is 1. The molecule has 2 nitrogen and oxygen atoms in total. The number of carbonyl (C=O) groups excluding carboxylic acids is 1. The molecule has 2 aliphatic rings. The third-order valence-corrected chi connectivity index (χ3v) is 4.86. The number of aliphatic hydroxyl groups excluding tert-OH is 1. The average molecular weight is 250 g/mol. The third-order valence-electron chi connectivity index (χ3n) is 4.86. The molecule has 18 heavy (non-hydrogen) atoms. The second-order valence-electron chi connectivity index (χ2n) is 6.19. The summed E-state index contributed by atoms with van der Waals surface area (Å²) in [5.74, 6) is 0.833. The highest BCUT2D eigenvalue weighted by Crippen LogP contribution is 2.48. The van der Waals surface area contributed by atoms with Gasteiger partial charge >= 0.3 is 0 Å². The topological polar surface area (TPSA) is 37.3 Å². The minimum absolute atomic E-state index is 0.181. The summed E-state index contributed by atoms with van der Waals surface area (Å²) in [6.45, 7) is 2.20. The van der Waals surface area contributed by atoms with Crippen molar-refractivity contribution in [3.63, 3.8) is 0 Å². The number of Topliss-reactive ketones (excluding diaryl/α,β-unsaturated/α-hetero) is 1. The number of hydrogen-bond donors (Lipinski definition) is 1. The Morgan fingerprint density at radius 1 is 1.50 bits per heavy atom. The first kappa shape index (κ1) is 13.8. The minimum atomic E-state index is -0.181. The average Bonchev–Trinajstić information content (AvgIpc) is 2.69. The maximum absolute atomic E-state index is 11.2. The van der Waals surface area contributed by atoms with E-state index in [9.17, 15) is 9.90 Å². The number of hydrogen-bond acceptors (Lipinski definition) is 2. The molecule has 0 amide bonds. The fraction of sp³-hybridized carbons (Fsp3) is 0.812. The van der Waals surface area contributed by atoms with Gasteiger partial charge in [0.2, 0.25) is 0 Å². The van der Waals surface area contributed by atoms with Gasteiger partial charge in [-0.25, -0.2) is 0 Å². The molecule has 0 aromatic carbocycles. The fourth-order valence-electron chi connectivity index (χ4n) is 3.54. The lowest BCUT2D eigenvalue weighted by Gasteiger charge is -2.45. The van der Waals surface area contributed by atoms with E-state index in [0.29, 0.717) is 18.1 Å². The summed E-state index contributed by atoms with van der Waals surface area (Å²) in [5, 5.41) is 10.4. The molecule has 0 aliphatic heterocycles. The van der Waals surface area contributed by atoms with E-state index in [-0.39, 0.29) is 11.5 Å². The van der Waals surface area contributed by atoms with Crippen LogP contribution in [0.5, 0.6) is 0 Å². The van der Waals surface area contributed by atoms with E-state index in [4.69, 9.17) is 0 Å². The standard InChI is InChI=1S/C16H26O2/c1-2-9-16(10-4-11-16)15(18)6-3-5-13-7-8-14(17)12-13/h3,5,13,15,18H,2,4,6-12H2,1H3/b5-3+. The summed E-state index contributed by atoms with van der Waals surface area (Å²) in [5.41, 5.74) is 0.213. The molecule has 0 aromatic rings. The number of carbonyl (C=O) groups is 1. The Hall–Kier alpha value is -0.630. The Balaban J connectivity index is 1.78. The highest BCUT2D eigenvalue weighted by atomic mass is 16.3. The van der Waals surface area contributed by atoms with Crippen LogP contribution >= 0.6 is 0 Å². The molecule has 2 aliphatic carbocycles. The van der Waals surface area contributed by atoms with Crippen molar-refractivity contribution < 1.29 is 9.90 Å². The molecule has 2 unspecified atom stereocenters. The quantitative estimate of drug-likeness (QED) is 0.731. The van der Waals surface area contributed by atoms with Gasteiger partial charge in [-0.1, -0.05) is 31.9 Å². The summed E-state index contributed by atoms with van der Waals surface area (Å²) in [6.07, 6.45) is 13.3. The fourth-order valence-corrected chi connectivity index (χ4v) is 3.54. The van der Waals surface area contributed by atoms with Crippen molar-refractivity contribution in [2.75, 3.05) is 0 Å². The maximum Gasteiger partial charge on any atom is 0.133 e. The second kappa shape index (κ2) is 6.01. The van der Waals surface area contributed by atoms with E-state index >= 15 is 0 Å². The molecule has 0 radical (unpaired) electrons. The van der Waals surface area contributed by atoms with Crippen molar-refractivity contribution in [1.82, 2.24) is 0 Å². The summed E-state index contributed by atoms with van der Waals surface area (Å²) < 4.78 is 0. The van der Waals surface area contributed by atoms with Gasteiger partial charge in [0.25, 0.3) is 0 Å². The van der Waals surface area contributed by atoms with Crippen LogP contribution in [0.2, 0.25) is 0 Å². The molecule has 2 heteroatoms. The number of rotatable bonds is 6. The van der Waals surface area contributed by atoms with E-state index in [1.807, 2.05) is 0 Å². The first-order valence-electron chi connectivity index (χ1n) is 7.53. The van der Waals surface area contributed by atoms with Gasteiger partial charge in [-0.2, -0.15) is 0 Å². The molecule has 0 heterocycles. The van der Waals surface area contributed by atoms with Gasteiger partial charge in [-0.15, -0.1) is 0 Å². The van der Waals surface area contributed by atoms with Crippen LogP contribution in [0.4, 0.5) is 0 Å². The molecule has 0 saturated heterocycles. The van der Waals surface area contributed by atoms with Crippen LogP contribution in [-0.2, 0) is 4.79 Å². The van der Waals surface area contributed by atoms with Gasteiger partial charge in [0, 0.05) is 12.8 Å². The lowest BCUT2D eigenvalue weighted by Crippen LogP contribution is -2.41. The zero-order chi connectivity index (χ0) is 13.0. The Bertz CT molecular complexity index is 315. The lowest BCUT2D eigenvalue weighted by molar-refractivity contribution is -0.117. The normalized spacial score (nSPS) is 28.6.